The van der Waals surface area contributed by atoms with Crippen LogP contribution >= 0.6 is 0 Å². The quantitative estimate of drug-likeness (QED) is 0.862. The predicted molar refractivity (Wildman–Crippen MR) is 71.5 cm³/mol. The normalized spacial score (nSPS) is 14.3. The third-order valence-corrected chi connectivity index (χ3v) is 3.05. The first-order valence-electron chi connectivity index (χ1n) is 6.23. The molecule has 0 bridgehead atoms. The molecule has 1 aromatic heterocycles. The molecule has 0 aliphatic carbocycles. The van der Waals surface area contributed by atoms with Crippen molar-refractivity contribution < 1.29 is 9.26 Å². The summed E-state index contributed by atoms with van der Waals surface area (Å²) in [4.78, 5) is 4.19. The van der Waals surface area contributed by atoms with Crippen LogP contribution in [0.4, 0.5) is 0 Å². The molecule has 0 aliphatic rings. The molecule has 102 valence electrons. The lowest BCUT2D eigenvalue weighted by Gasteiger charge is -2.30. The van der Waals surface area contributed by atoms with Crippen LogP contribution in [-0.4, -0.2) is 23.9 Å². The highest BCUT2D eigenvalue weighted by atomic mass is 16.5. The van der Waals surface area contributed by atoms with Crippen molar-refractivity contribution in [2.24, 2.45) is 0 Å². The molecular weight excluding hydrogens is 242 g/mol. The average Bonchev–Trinajstić information content (AvgIpc) is 2.84. The summed E-state index contributed by atoms with van der Waals surface area (Å²) in [5.74, 6) is 1.22. The van der Waals surface area contributed by atoms with E-state index in [-0.39, 0.29) is 5.54 Å². The highest BCUT2D eigenvalue weighted by molar-refractivity contribution is 5.23. The molecule has 0 unspecified atom stereocenters. The lowest BCUT2D eigenvalue weighted by molar-refractivity contribution is 0.116. The number of aryl methyl sites for hydroxylation is 1. The minimum Gasteiger partial charge on any atom is -0.382 e. The maximum atomic E-state index is 5.33. The fourth-order valence-corrected chi connectivity index (χ4v) is 2.02. The third-order valence-electron chi connectivity index (χ3n) is 3.05. The molecule has 0 fully saturated rings. The molecule has 0 amide bonds. The molecule has 0 saturated carbocycles. The van der Waals surface area contributed by atoms with E-state index >= 15 is 0 Å². The first-order valence-corrected chi connectivity index (χ1v) is 6.23. The number of hydrogen-bond donors (Lipinski definition) is 1. The van der Waals surface area contributed by atoms with Crippen LogP contribution in [0.15, 0.2) is 34.9 Å². The van der Waals surface area contributed by atoms with Crippen LogP contribution in [0.1, 0.15) is 24.2 Å². The number of ether oxygens (including phenoxy) is 1. The van der Waals surface area contributed by atoms with Crippen LogP contribution in [0.2, 0.25) is 0 Å². The van der Waals surface area contributed by atoms with Crippen molar-refractivity contribution in [3.63, 3.8) is 0 Å². The van der Waals surface area contributed by atoms with Crippen molar-refractivity contribution in [1.82, 2.24) is 15.5 Å². The van der Waals surface area contributed by atoms with Gasteiger partial charge < -0.3 is 9.26 Å². The predicted octanol–water partition coefficient (Wildman–Crippen LogP) is 2.03. The lowest BCUT2D eigenvalue weighted by Crippen LogP contribution is -2.43. The van der Waals surface area contributed by atoms with Crippen molar-refractivity contribution in [3.8, 4) is 0 Å². The molecule has 2 rings (SSSR count). The standard InChI is InChI=1S/C14H19N3O2/c1-11-16-13(17-19-11)9-15-14(2,10-18-3)12-7-5-4-6-8-12/h4-8,15H,9-10H2,1-3H3/t14-/m0/s1. The molecular formula is C14H19N3O2. The van der Waals surface area contributed by atoms with E-state index < -0.39 is 0 Å². The van der Waals surface area contributed by atoms with Gasteiger partial charge in [-0.25, -0.2) is 0 Å². The maximum absolute atomic E-state index is 5.33. The van der Waals surface area contributed by atoms with E-state index in [2.05, 4.69) is 34.5 Å². The second-order valence-electron chi connectivity index (χ2n) is 4.71. The van der Waals surface area contributed by atoms with E-state index in [0.717, 1.165) is 5.56 Å². The Labute approximate surface area is 113 Å². The highest BCUT2D eigenvalue weighted by Gasteiger charge is 2.26. The summed E-state index contributed by atoms with van der Waals surface area (Å²) >= 11 is 0. The average molecular weight is 261 g/mol. The van der Waals surface area contributed by atoms with Gasteiger partial charge in [-0.15, -0.1) is 0 Å². The summed E-state index contributed by atoms with van der Waals surface area (Å²) in [5, 5.41) is 7.32. The molecule has 1 N–H and O–H groups in total. The zero-order chi connectivity index (χ0) is 13.7. The first-order chi connectivity index (χ1) is 9.14. The Morgan fingerprint density at radius 1 is 1.32 bits per heavy atom. The van der Waals surface area contributed by atoms with Crippen LogP contribution in [0.5, 0.6) is 0 Å². The molecule has 2 aromatic rings. The monoisotopic (exact) mass is 261 g/mol. The van der Waals surface area contributed by atoms with E-state index in [9.17, 15) is 0 Å². The largest absolute Gasteiger partial charge is 0.382 e. The number of benzene rings is 1. The van der Waals surface area contributed by atoms with Crippen molar-refractivity contribution in [1.29, 1.82) is 0 Å². The summed E-state index contributed by atoms with van der Waals surface area (Å²) in [6.45, 7) is 4.97. The minimum absolute atomic E-state index is 0.287. The topological polar surface area (TPSA) is 60.2 Å². The molecule has 19 heavy (non-hydrogen) atoms. The zero-order valence-corrected chi connectivity index (χ0v) is 11.5. The molecule has 0 saturated heterocycles. The number of rotatable bonds is 6. The van der Waals surface area contributed by atoms with Gasteiger partial charge in [-0.2, -0.15) is 4.98 Å². The van der Waals surface area contributed by atoms with Gasteiger partial charge in [-0.05, 0) is 12.5 Å². The zero-order valence-electron chi connectivity index (χ0n) is 11.5. The van der Waals surface area contributed by atoms with Gasteiger partial charge >= 0.3 is 0 Å². The van der Waals surface area contributed by atoms with Crippen LogP contribution in [-0.2, 0) is 16.8 Å². The van der Waals surface area contributed by atoms with Gasteiger partial charge in [0.15, 0.2) is 5.82 Å². The molecule has 0 aliphatic heterocycles. The van der Waals surface area contributed by atoms with Crippen molar-refractivity contribution in [2.75, 3.05) is 13.7 Å². The van der Waals surface area contributed by atoms with Crippen LogP contribution < -0.4 is 5.32 Å². The lowest BCUT2D eigenvalue weighted by atomic mass is 9.93. The summed E-state index contributed by atoms with van der Waals surface area (Å²) in [5.41, 5.74) is 0.877. The fourth-order valence-electron chi connectivity index (χ4n) is 2.02. The molecule has 0 spiro atoms. The van der Waals surface area contributed by atoms with Crippen LogP contribution in [0.3, 0.4) is 0 Å². The summed E-state index contributed by atoms with van der Waals surface area (Å²) in [7, 11) is 1.70. The second-order valence-corrected chi connectivity index (χ2v) is 4.71. The Morgan fingerprint density at radius 3 is 2.63 bits per heavy atom. The highest BCUT2D eigenvalue weighted by Crippen LogP contribution is 2.21. The van der Waals surface area contributed by atoms with E-state index in [1.54, 1.807) is 14.0 Å². The number of methoxy groups -OCH3 is 1. The number of aromatic nitrogens is 2. The molecule has 0 radical (unpaired) electrons. The Bertz CT molecular complexity index is 512. The Morgan fingerprint density at radius 2 is 2.05 bits per heavy atom. The van der Waals surface area contributed by atoms with Crippen LogP contribution in [0.25, 0.3) is 0 Å². The van der Waals surface area contributed by atoms with Gasteiger partial charge in [0.25, 0.3) is 0 Å². The number of nitrogens with one attached hydrogen (secondary N) is 1. The van der Waals surface area contributed by atoms with E-state index in [4.69, 9.17) is 9.26 Å². The number of hydrogen-bond acceptors (Lipinski definition) is 5. The molecule has 1 heterocycles. The van der Waals surface area contributed by atoms with E-state index in [1.165, 1.54) is 0 Å². The van der Waals surface area contributed by atoms with Crippen LogP contribution in [0, 0.1) is 6.92 Å². The fraction of sp³-hybridized carbons (Fsp3) is 0.429. The van der Waals surface area contributed by atoms with Gasteiger partial charge in [0.2, 0.25) is 5.89 Å². The van der Waals surface area contributed by atoms with Gasteiger partial charge in [-0.3, -0.25) is 5.32 Å². The smallest absolute Gasteiger partial charge is 0.223 e. The van der Waals surface area contributed by atoms with Crippen molar-refractivity contribution >= 4 is 0 Å². The molecule has 1 atom stereocenters. The molecule has 5 heteroatoms. The Hall–Kier alpha value is -1.72. The van der Waals surface area contributed by atoms with Gasteiger partial charge in [0.05, 0.1) is 18.7 Å². The number of nitrogens with zero attached hydrogens (tertiary/aromatic N) is 2. The second kappa shape index (κ2) is 5.95. The van der Waals surface area contributed by atoms with Crippen molar-refractivity contribution in [2.45, 2.75) is 25.9 Å². The molecule has 5 nitrogen and oxygen atoms in total. The minimum atomic E-state index is -0.287. The summed E-state index contributed by atoms with van der Waals surface area (Å²) < 4.78 is 10.3. The summed E-state index contributed by atoms with van der Waals surface area (Å²) in [6, 6.07) is 10.2. The van der Waals surface area contributed by atoms with Gasteiger partial charge in [0.1, 0.15) is 0 Å². The van der Waals surface area contributed by atoms with Gasteiger partial charge in [0, 0.05) is 14.0 Å². The van der Waals surface area contributed by atoms with E-state index in [0.29, 0.717) is 24.9 Å². The Balaban J connectivity index is 2.11. The SMILES string of the molecule is COC[C@](C)(NCc1noc(C)n1)c1ccccc1. The molecule has 1 aromatic carbocycles. The first kappa shape index (κ1) is 13.7. The summed E-state index contributed by atoms with van der Waals surface area (Å²) in [6.07, 6.45) is 0. The maximum Gasteiger partial charge on any atom is 0.223 e. The van der Waals surface area contributed by atoms with Crippen molar-refractivity contribution in [3.05, 3.63) is 47.6 Å². The third kappa shape index (κ3) is 3.39. The van der Waals surface area contributed by atoms with Gasteiger partial charge in [-0.1, -0.05) is 35.5 Å². The van der Waals surface area contributed by atoms with E-state index in [1.807, 2.05) is 18.2 Å². The Kier molecular flexibility index (Phi) is 4.29.